The zero-order valence-electron chi connectivity index (χ0n) is 22.2. The topological polar surface area (TPSA) is 105 Å². The fourth-order valence-electron chi connectivity index (χ4n) is 4.64. The standard InChI is InChI=1S/C24H23N3S.C8H6O4/c1-3-26(20-9-5-4-6-10-20)17-18(2)27-21-11-7-8-12-23(21)28-24-14-13-19(16-25)15-22(24)27;9-7(10)5-3-1-2-4-6(5)8(11)12/h4-15,18H,3,17H2,1-2H3;1-4H,(H,9,10)(H,11,12). The van der Waals surface area contributed by atoms with Gasteiger partial charge in [-0.2, -0.15) is 5.26 Å². The minimum atomic E-state index is -1.23. The second-order valence-corrected chi connectivity index (χ2v) is 10.2. The number of benzene rings is 4. The lowest BCUT2D eigenvalue weighted by Crippen LogP contribution is -2.41. The molecule has 7 nitrogen and oxygen atoms in total. The van der Waals surface area contributed by atoms with Crippen molar-refractivity contribution in [3.05, 3.63) is 114 Å². The first-order chi connectivity index (χ1) is 19.3. The maximum Gasteiger partial charge on any atom is 0.336 e. The Morgan fingerprint density at radius 3 is 2.02 bits per heavy atom. The summed E-state index contributed by atoms with van der Waals surface area (Å²) in [5.74, 6) is -2.46. The van der Waals surface area contributed by atoms with Gasteiger partial charge in [0, 0.05) is 34.6 Å². The predicted molar refractivity (Wildman–Crippen MR) is 158 cm³/mol. The molecule has 0 saturated carbocycles. The number of aromatic carboxylic acids is 2. The maximum absolute atomic E-state index is 10.5. The molecule has 1 atom stereocenters. The lowest BCUT2D eigenvalue weighted by atomic mass is 10.1. The number of nitrogens with zero attached hydrogens (tertiary/aromatic N) is 3. The number of anilines is 3. The summed E-state index contributed by atoms with van der Waals surface area (Å²) < 4.78 is 0. The van der Waals surface area contributed by atoms with Crippen LogP contribution in [0.15, 0.2) is 107 Å². The average molecular weight is 552 g/mol. The molecule has 202 valence electrons. The van der Waals surface area contributed by atoms with Gasteiger partial charge in [-0.25, -0.2) is 9.59 Å². The van der Waals surface area contributed by atoms with Crippen molar-refractivity contribution >= 4 is 40.8 Å². The Morgan fingerprint density at radius 1 is 0.850 bits per heavy atom. The third kappa shape index (κ3) is 6.28. The van der Waals surface area contributed by atoms with Crippen LogP contribution in [0.1, 0.15) is 40.1 Å². The van der Waals surface area contributed by atoms with E-state index < -0.39 is 11.9 Å². The normalized spacial score (nSPS) is 12.1. The SMILES string of the molecule is CCN(CC(C)N1c2ccccc2Sc2ccc(C#N)cc21)c1ccccc1.O=C(O)c1ccccc1C(=O)O. The molecule has 1 heterocycles. The van der Waals surface area contributed by atoms with E-state index in [2.05, 4.69) is 90.4 Å². The molecule has 0 aromatic heterocycles. The van der Waals surface area contributed by atoms with E-state index in [0.29, 0.717) is 5.56 Å². The van der Waals surface area contributed by atoms with Gasteiger partial charge in [-0.3, -0.25) is 0 Å². The first-order valence-electron chi connectivity index (χ1n) is 12.8. The molecule has 0 saturated heterocycles. The van der Waals surface area contributed by atoms with Crippen molar-refractivity contribution in [1.29, 1.82) is 5.26 Å². The van der Waals surface area contributed by atoms with Crippen molar-refractivity contribution in [3.63, 3.8) is 0 Å². The van der Waals surface area contributed by atoms with Crippen molar-refractivity contribution in [2.75, 3.05) is 22.9 Å². The number of para-hydroxylation sites is 2. The quantitative estimate of drug-likeness (QED) is 0.249. The molecule has 4 aromatic carbocycles. The van der Waals surface area contributed by atoms with Crippen LogP contribution in [-0.2, 0) is 0 Å². The van der Waals surface area contributed by atoms with Gasteiger partial charge >= 0.3 is 11.9 Å². The molecular formula is C32H29N3O4S. The minimum Gasteiger partial charge on any atom is -0.478 e. The van der Waals surface area contributed by atoms with E-state index in [1.165, 1.54) is 45.4 Å². The van der Waals surface area contributed by atoms with Crippen LogP contribution in [0.2, 0.25) is 0 Å². The van der Waals surface area contributed by atoms with Crippen LogP contribution in [0, 0.1) is 11.3 Å². The Bertz CT molecular complexity index is 1520. The zero-order valence-corrected chi connectivity index (χ0v) is 23.0. The molecule has 0 fully saturated rings. The van der Waals surface area contributed by atoms with Crippen molar-refractivity contribution < 1.29 is 19.8 Å². The van der Waals surface area contributed by atoms with Crippen LogP contribution < -0.4 is 9.80 Å². The van der Waals surface area contributed by atoms with Gasteiger partial charge in [0.1, 0.15) is 0 Å². The molecule has 0 spiro atoms. The second kappa shape index (κ2) is 12.9. The summed E-state index contributed by atoms with van der Waals surface area (Å²) in [6.45, 7) is 6.31. The summed E-state index contributed by atoms with van der Waals surface area (Å²) in [4.78, 5) is 28.2. The van der Waals surface area contributed by atoms with Crippen LogP contribution in [-0.4, -0.2) is 41.3 Å². The van der Waals surface area contributed by atoms with Gasteiger partial charge in [-0.05, 0) is 68.4 Å². The third-order valence-electron chi connectivity index (χ3n) is 6.51. The number of carbonyl (C=O) groups is 2. The largest absolute Gasteiger partial charge is 0.478 e. The van der Waals surface area contributed by atoms with E-state index >= 15 is 0 Å². The summed E-state index contributed by atoms with van der Waals surface area (Å²) in [5.41, 5.74) is 3.90. The first-order valence-corrected chi connectivity index (χ1v) is 13.6. The minimum absolute atomic E-state index is 0.190. The Labute approximate surface area is 237 Å². The Morgan fingerprint density at radius 2 is 1.43 bits per heavy atom. The smallest absolute Gasteiger partial charge is 0.336 e. The fraction of sp³-hybridized carbons (Fsp3) is 0.156. The van der Waals surface area contributed by atoms with Crippen LogP contribution in [0.25, 0.3) is 0 Å². The number of rotatable bonds is 7. The number of likely N-dealkylation sites (N-methyl/N-ethyl adjacent to an activating group) is 1. The highest BCUT2D eigenvalue weighted by molar-refractivity contribution is 7.99. The average Bonchev–Trinajstić information content (AvgIpc) is 2.98. The van der Waals surface area contributed by atoms with Gasteiger partial charge in [0.15, 0.2) is 0 Å². The van der Waals surface area contributed by atoms with E-state index in [-0.39, 0.29) is 17.2 Å². The van der Waals surface area contributed by atoms with Crippen molar-refractivity contribution in [2.24, 2.45) is 0 Å². The van der Waals surface area contributed by atoms with Crippen LogP contribution >= 0.6 is 11.8 Å². The van der Waals surface area contributed by atoms with Crippen LogP contribution in [0.4, 0.5) is 17.1 Å². The van der Waals surface area contributed by atoms with E-state index in [0.717, 1.165) is 18.8 Å². The highest BCUT2D eigenvalue weighted by atomic mass is 32.2. The van der Waals surface area contributed by atoms with Crippen LogP contribution in [0.5, 0.6) is 0 Å². The molecule has 0 aliphatic carbocycles. The highest BCUT2D eigenvalue weighted by Crippen LogP contribution is 2.49. The summed E-state index contributed by atoms with van der Waals surface area (Å²) >= 11 is 1.78. The number of hydrogen-bond acceptors (Lipinski definition) is 6. The lowest BCUT2D eigenvalue weighted by Gasteiger charge is -2.39. The van der Waals surface area contributed by atoms with E-state index in [1.807, 2.05) is 12.1 Å². The molecule has 5 rings (SSSR count). The zero-order chi connectivity index (χ0) is 28.6. The third-order valence-corrected chi connectivity index (χ3v) is 7.64. The molecule has 4 aromatic rings. The number of hydrogen-bond donors (Lipinski definition) is 2. The molecule has 2 N–H and O–H groups in total. The molecule has 1 aliphatic rings. The summed E-state index contributed by atoms with van der Waals surface area (Å²) in [6, 6.07) is 33.1. The number of fused-ring (bicyclic) bond motifs is 2. The van der Waals surface area contributed by atoms with E-state index in [4.69, 9.17) is 10.2 Å². The Kier molecular flexibility index (Phi) is 9.10. The first kappa shape index (κ1) is 28.3. The molecule has 40 heavy (non-hydrogen) atoms. The van der Waals surface area contributed by atoms with Crippen molar-refractivity contribution in [2.45, 2.75) is 29.7 Å². The number of carboxylic acids is 2. The second-order valence-electron chi connectivity index (χ2n) is 9.11. The molecule has 0 amide bonds. The number of carboxylic acid groups (broad SMARTS) is 2. The monoisotopic (exact) mass is 551 g/mol. The van der Waals surface area contributed by atoms with Gasteiger partial charge in [0.05, 0.1) is 34.1 Å². The molecule has 0 radical (unpaired) electrons. The molecule has 0 bridgehead atoms. The number of nitriles is 1. The molecule has 1 aliphatic heterocycles. The van der Waals surface area contributed by atoms with Gasteiger partial charge in [-0.15, -0.1) is 0 Å². The van der Waals surface area contributed by atoms with Crippen LogP contribution in [0.3, 0.4) is 0 Å². The van der Waals surface area contributed by atoms with Gasteiger partial charge < -0.3 is 20.0 Å². The fourth-order valence-corrected chi connectivity index (χ4v) is 5.69. The van der Waals surface area contributed by atoms with Crippen molar-refractivity contribution in [3.8, 4) is 6.07 Å². The van der Waals surface area contributed by atoms with E-state index in [9.17, 15) is 14.9 Å². The highest BCUT2D eigenvalue weighted by Gasteiger charge is 2.28. The molecular weight excluding hydrogens is 522 g/mol. The Balaban J connectivity index is 0.000000259. The molecule has 1 unspecified atom stereocenters. The van der Waals surface area contributed by atoms with E-state index in [1.54, 1.807) is 11.8 Å². The predicted octanol–water partition coefficient (Wildman–Crippen LogP) is 7.16. The summed E-state index contributed by atoms with van der Waals surface area (Å²) in [7, 11) is 0. The molecule has 8 heteroatoms. The Hall–Kier alpha value is -4.74. The maximum atomic E-state index is 10.5. The van der Waals surface area contributed by atoms with Crippen molar-refractivity contribution in [1.82, 2.24) is 0 Å². The van der Waals surface area contributed by atoms with Gasteiger partial charge in [-0.1, -0.05) is 54.2 Å². The summed E-state index contributed by atoms with van der Waals surface area (Å²) in [6.07, 6.45) is 0. The van der Waals surface area contributed by atoms with Gasteiger partial charge in [0.2, 0.25) is 0 Å². The summed E-state index contributed by atoms with van der Waals surface area (Å²) in [5, 5.41) is 26.5. The lowest BCUT2D eigenvalue weighted by molar-refractivity contribution is 0.0651. The van der Waals surface area contributed by atoms with Gasteiger partial charge in [0.25, 0.3) is 0 Å².